The Bertz CT molecular complexity index is 1180. The molecule has 0 saturated heterocycles. The molecular formula is C20H17ClN4O3. The topological polar surface area (TPSA) is 82.2 Å². The second kappa shape index (κ2) is 7.01. The Morgan fingerprint density at radius 3 is 2.82 bits per heavy atom. The third kappa shape index (κ3) is 3.10. The maximum atomic E-state index is 13.2. The summed E-state index contributed by atoms with van der Waals surface area (Å²) in [6.45, 7) is 1.84. The zero-order valence-electron chi connectivity index (χ0n) is 15.5. The van der Waals surface area contributed by atoms with Crippen molar-refractivity contribution < 1.29 is 13.9 Å². The largest absolute Gasteiger partial charge is 0.495 e. The maximum Gasteiger partial charge on any atom is 0.256 e. The summed E-state index contributed by atoms with van der Waals surface area (Å²) in [7, 11) is 3.32. The molecule has 0 radical (unpaired) electrons. The second-order valence-corrected chi connectivity index (χ2v) is 6.68. The molecule has 7 nitrogen and oxygen atoms in total. The zero-order valence-corrected chi connectivity index (χ0v) is 16.2. The van der Waals surface area contributed by atoms with E-state index in [0.717, 1.165) is 0 Å². The van der Waals surface area contributed by atoms with Crippen LogP contribution < -0.4 is 10.1 Å². The van der Waals surface area contributed by atoms with Gasteiger partial charge in [0.2, 0.25) is 0 Å². The van der Waals surface area contributed by atoms with Gasteiger partial charge in [-0.2, -0.15) is 5.10 Å². The van der Waals surface area contributed by atoms with Gasteiger partial charge < -0.3 is 14.5 Å². The number of nitrogens with one attached hydrogen (secondary N) is 1. The predicted octanol–water partition coefficient (Wildman–Crippen LogP) is 4.45. The van der Waals surface area contributed by atoms with E-state index in [9.17, 15) is 4.79 Å². The normalized spacial score (nSPS) is 11.0. The molecule has 4 rings (SSSR count). The number of benzene rings is 1. The number of rotatable bonds is 4. The van der Waals surface area contributed by atoms with Crippen molar-refractivity contribution in [2.24, 2.45) is 7.05 Å². The molecule has 0 atom stereocenters. The van der Waals surface area contributed by atoms with Gasteiger partial charge in [0.25, 0.3) is 5.91 Å². The van der Waals surface area contributed by atoms with Crippen LogP contribution in [0.2, 0.25) is 5.02 Å². The van der Waals surface area contributed by atoms with E-state index in [1.54, 1.807) is 54.4 Å². The van der Waals surface area contributed by atoms with Gasteiger partial charge in [-0.3, -0.25) is 9.48 Å². The van der Waals surface area contributed by atoms with Crippen LogP contribution in [0.3, 0.4) is 0 Å². The molecule has 0 aliphatic heterocycles. The van der Waals surface area contributed by atoms with Crippen LogP contribution in [-0.4, -0.2) is 27.8 Å². The molecule has 142 valence electrons. The average molecular weight is 397 g/mol. The fourth-order valence-corrected chi connectivity index (χ4v) is 3.31. The first-order valence-corrected chi connectivity index (χ1v) is 8.89. The van der Waals surface area contributed by atoms with Gasteiger partial charge in [0.15, 0.2) is 11.4 Å². The molecule has 0 aliphatic rings. The molecule has 4 aromatic rings. The van der Waals surface area contributed by atoms with Gasteiger partial charge >= 0.3 is 0 Å². The van der Waals surface area contributed by atoms with E-state index in [4.69, 9.17) is 20.8 Å². The monoisotopic (exact) mass is 396 g/mol. The van der Waals surface area contributed by atoms with Gasteiger partial charge in [-0.1, -0.05) is 11.6 Å². The zero-order chi connectivity index (χ0) is 19.8. The SMILES string of the molecule is COc1ccc(Cl)cc1NC(=O)c1cc(-c2ccco2)nc2c1c(C)nn2C. The molecular weight excluding hydrogens is 380 g/mol. The lowest BCUT2D eigenvalue weighted by molar-refractivity contribution is 0.102. The summed E-state index contributed by atoms with van der Waals surface area (Å²) >= 11 is 6.08. The van der Waals surface area contributed by atoms with Crippen LogP contribution >= 0.6 is 11.6 Å². The van der Waals surface area contributed by atoms with E-state index >= 15 is 0 Å². The minimum absolute atomic E-state index is 0.322. The van der Waals surface area contributed by atoms with E-state index in [0.29, 0.717) is 50.2 Å². The number of fused-ring (bicyclic) bond motifs is 1. The van der Waals surface area contributed by atoms with Crippen LogP contribution in [0.5, 0.6) is 5.75 Å². The smallest absolute Gasteiger partial charge is 0.256 e. The van der Waals surface area contributed by atoms with Gasteiger partial charge in [-0.25, -0.2) is 4.98 Å². The van der Waals surface area contributed by atoms with Gasteiger partial charge in [0.05, 0.1) is 35.7 Å². The van der Waals surface area contributed by atoms with Crippen molar-refractivity contribution in [3.63, 3.8) is 0 Å². The van der Waals surface area contributed by atoms with Crippen molar-refractivity contribution >= 4 is 34.2 Å². The number of amides is 1. The van der Waals surface area contributed by atoms with Crippen LogP contribution in [0, 0.1) is 6.92 Å². The van der Waals surface area contributed by atoms with Gasteiger partial charge in [0.1, 0.15) is 11.4 Å². The molecule has 28 heavy (non-hydrogen) atoms. The standard InChI is InChI=1S/C20H17ClN4O3/c1-11-18-13(20(26)23-14-9-12(21)6-7-16(14)27-3)10-15(17-5-4-8-28-17)22-19(18)25(2)24-11/h4-10H,1-3H3,(H,23,26). The maximum absolute atomic E-state index is 13.2. The first-order valence-electron chi connectivity index (χ1n) is 8.51. The van der Waals surface area contributed by atoms with E-state index in [2.05, 4.69) is 15.4 Å². The minimum atomic E-state index is -0.322. The highest BCUT2D eigenvalue weighted by Gasteiger charge is 2.21. The van der Waals surface area contributed by atoms with Crippen molar-refractivity contribution in [1.29, 1.82) is 0 Å². The molecule has 0 spiro atoms. The number of nitrogens with zero attached hydrogens (tertiary/aromatic N) is 3. The molecule has 0 aliphatic carbocycles. The van der Waals surface area contributed by atoms with Gasteiger partial charge in [-0.15, -0.1) is 0 Å². The van der Waals surface area contributed by atoms with E-state index in [1.165, 1.54) is 7.11 Å². The number of methoxy groups -OCH3 is 1. The number of ether oxygens (including phenoxy) is 1. The first-order chi connectivity index (χ1) is 13.5. The van der Waals surface area contributed by atoms with Crippen molar-refractivity contribution in [1.82, 2.24) is 14.8 Å². The molecule has 1 N–H and O–H groups in total. The summed E-state index contributed by atoms with van der Waals surface area (Å²) in [5.41, 5.74) is 2.76. The summed E-state index contributed by atoms with van der Waals surface area (Å²) < 4.78 is 12.4. The number of carbonyl (C=O) groups is 1. The summed E-state index contributed by atoms with van der Waals surface area (Å²) in [5.74, 6) is 0.754. The number of aromatic nitrogens is 3. The Balaban J connectivity index is 1.85. The van der Waals surface area contributed by atoms with Crippen LogP contribution in [0.1, 0.15) is 16.1 Å². The van der Waals surface area contributed by atoms with Gasteiger partial charge in [-0.05, 0) is 43.3 Å². The number of pyridine rings is 1. The first kappa shape index (κ1) is 18.1. The quantitative estimate of drug-likeness (QED) is 0.551. The summed E-state index contributed by atoms with van der Waals surface area (Å²) in [6, 6.07) is 10.3. The Morgan fingerprint density at radius 2 is 2.11 bits per heavy atom. The summed E-state index contributed by atoms with van der Waals surface area (Å²) in [5, 5.41) is 8.45. The number of anilines is 1. The lowest BCUT2D eigenvalue weighted by Gasteiger charge is -2.12. The van der Waals surface area contributed by atoms with Crippen LogP contribution in [0.15, 0.2) is 47.1 Å². The van der Waals surface area contributed by atoms with E-state index < -0.39 is 0 Å². The molecule has 0 bridgehead atoms. The van der Waals surface area contributed by atoms with Crippen LogP contribution in [0.25, 0.3) is 22.5 Å². The predicted molar refractivity (Wildman–Crippen MR) is 107 cm³/mol. The second-order valence-electron chi connectivity index (χ2n) is 6.24. The molecule has 3 aromatic heterocycles. The molecule has 1 aromatic carbocycles. The number of hydrogen-bond acceptors (Lipinski definition) is 5. The Kier molecular flexibility index (Phi) is 4.52. The van der Waals surface area contributed by atoms with Crippen molar-refractivity contribution in [3.05, 3.63) is 58.9 Å². The third-order valence-corrected chi connectivity index (χ3v) is 4.63. The minimum Gasteiger partial charge on any atom is -0.495 e. The fourth-order valence-electron chi connectivity index (χ4n) is 3.14. The highest BCUT2D eigenvalue weighted by atomic mass is 35.5. The molecule has 0 unspecified atom stereocenters. The number of aryl methyl sites for hydroxylation is 2. The number of hydrogen-bond donors (Lipinski definition) is 1. The molecule has 0 fully saturated rings. The van der Waals surface area contributed by atoms with Crippen molar-refractivity contribution in [2.45, 2.75) is 6.92 Å². The number of carbonyl (C=O) groups excluding carboxylic acids is 1. The third-order valence-electron chi connectivity index (χ3n) is 4.40. The van der Waals surface area contributed by atoms with Crippen LogP contribution in [0.4, 0.5) is 5.69 Å². The molecule has 3 heterocycles. The highest BCUT2D eigenvalue weighted by Crippen LogP contribution is 2.31. The molecule has 0 saturated carbocycles. The summed E-state index contributed by atoms with van der Waals surface area (Å²) in [4.78, 5) is 17.8. The van der Waals surface area contributed by atoms with Crippen molar-refractivity contribution in [3.8, 4) is 17.2 Å². The average Bonchev–Trinajstić information content (AvgIpc) is 3.30. The lowest BCUT2D eigenvalue weighted by atomic mass is 10.1. The Morgan fingerprint density at radius 1 is 1.29 bits per heavy atom. The fraction of sp³-hybridized carbons (Fsp3) is 0.150. The highest BCUT2D eigenvalue weighted by molar-refractivity contribution is 6.31. The molecule has 8 heteroatoms. The Hall–Kier alpha value is -3.32. The number of halogens is 1. The Labute approximate surface area is 165 Å². The van der Waals surface area contributed by atoms with Crippen LogP contribution in [-0.2, 0) is 7.05 Å². The van der Waals surface area contributed by atoms with E-state index in [-0.39, 0.29) is 5.91 Å². The van der Waals surface area contributed by atoms with Crippen molar-refractivity contribution in [2.75, 3.05) is 12.4 Å². The summed E-state index contributed by atoms with van der Waals surface area (Å²) in [6.07, 6.45) is 1.56. The lowest BCUT2D eigenvalue weighted by Crippen LogP contribution is -2.14. The molecule has 1 amide bonds. The van der Waals surface area contributed by atoms with Gasteiger partial charge in [0, 0.05) is 12.1 Å². The van der Waals surface area contributed by atoms with E-state index in [1.807, 2.05) is 6.92 Å². The number of furan rings is 1.